The van der Waals surface area contributed by atoms with Crippen LogP contribution in [0.25, 0.3) is 0 Å². The van der Waals surface area contributed by atoms with E-state index in [9.17, 15) is 4.79 Å². The molecular weight excluding hydrogens is 252 g/mol. The van der Waals surface area contributed by atoms with Gasteiger partial charge in [0.05, 0.1) is 25.4 Å². The highest BCUT2D eigenvalue weighted by Gasteiger charge is 2.32. The molecular formula is C12H18N2O3S. The van der Waals surface area contributed by atoms with Crippen LogP contribution in [0.5, 0.6) is 0 Å². The van der Waals surface area contributed by atoms with E-state index in [2.05, 4.69) is 0 Å². The van der Waals surface area contributed by atoms with Crippen LogP contribution >= 0.6 is 11.3 Å². The maximum atomic E-state index is 12.3. The summed E-state index contributed by atoms with van der Waals surface area (Å²) in [7, 11) is 0. The van der Waals surface area contributed by atoms with Gasteiger partial charge in [-0.05, 0) is 18.4 Å². The van der Waals surface area contributed by atoms with E-state index < -0.39 is 6.04 Å². The summed E-state index contributed by atoms with van der Waals surface area (Å²) < 4.78 is 5.41. The number of aliphatic hydroxyl groups excluding tert-OH is 1. The van der Waals surface area contributed by atoms with Gasteiger partial charge in [0.2, 0.25) is 5.91 Å². The van der Waals surface area contributed by atoms with Gasteiger partial charge in [-0.25, -0.2) is 0 Å². The van der Waals surface area contributed by atoms with E-state index in [1.54, 1.807) is 4.90 Å². The van der Waals surface area contributed by atoms with Crippen LogP contribution in [0.3, 0.4) is 0 Å². The van der Waals surface area contributed by atoms with Crippen molar-refractivity contribution >= 4 is 17.2 Å². The molecule has 3 unspecified atom stereocenters. The second kappa shape index (κ2) is 5.79. The minimum Gasteiger partial charge on any atom is -0.394 e. The molecule has 100 valence electrons. The molecule has 3 N–H and O–H groups in total. The third-order valence-corrected chi connectivity index (χ3v) is 4.06. The van der Waals surface area contributed by atoms with Gasteiger partial charge in [0.1, 0.15) is 6.04 Å². The highest BCUT2D eigenvalue weighted by Crippen LogP contribution is 2.21. The summed E-state index contributed by atoms with van der Waals surface area (Å²) in [4.78, 5) is 14.9. The predicted octanol–water partition coefficient (Wildman–Crippen LogP) is 0.356. The summed E-state index contributed by atoms with van der Waals surface area (Å²) >= 11 is 1.48. The summed E-state index contributed by atoms with van der Waals surface area (Å²) in [5.41, 5.74) is 5.98. The Morgan fingerprint density at radius 3 is 3.17 bits per heavy atom. The summed E-state index contributed by atoms with van der Waals surface area (Å²) in [6.45, 7) is 2.68. The van der Waals surface area contributed by atoms with Gasteiger partial charge in [-0.1, -0.05) is 6.07 Å². The number of aliphatic hydroxyl groups is 1. The molecule has 0 aromatic carbocycles. The molecule has 1 aliphatic rings. The first-order valence-electron chi connectivity index (χ1n) is 5.95. The van der Waals surface area contributed by atoms with E-state index in [1.807, 2.05) is 24.4 Å². The molecule has 1 amide bonds. The third kappa shape index (κ3) is 2.72. The summed E-state index contributed by atoms with van der Waals surface area (Å²) in [6, 6.07) is 3.12. The molecule has 0 spiro atoms. The third-order valence-electron chi connectivity index (χ3n) is 3.11. The number of hydrogen-bond acceptors (Lipinski definition) is 5. The molecule has 2 heterocycles. The lowest BCUT2D eigenvalue weighted by atomic mass is 10.1. The average Bonchev–Trinajstić information content (AvgIpc) is 2.91. The number of nitrogens with two attached hydrogens (primary N) is 1. The van der Waals surface area contributed by atoms with E-state index in [1.165, 1.54) is 11.3 Å². The minimum atomic E-state index is -0.620. The lowest BCUT2D eigenvalue weighted by Gasteiger charge is -2.38. The standard InChI is InChI=1S/C12H18N2O3S/c1-8-7-17-9(6-15)5-14(8)12(16)11(13)10-3-2-4-18-10/h2-4,8-9,11,15H,5-7,13H2,1H3. The number of carbonyl (C=O) groups excluding carboxylic acids is 1. The van der Waals surface area contributed by atoms with Gasteiger partial charge in [0.15, 0.2) is 0 Å². The SMILES string of the molecule is CC1COC(CO)CN1C(=O)C(N)c1cccs1. The van der Waals surface area contributed by atoms with Crippen molar-refractivity contribution in [3.63, 3.8) is 0 Å². The van der Waals surface area contributed by atoms with Crippen LogP contribution < -0.4 is 5.73 Å². The molecule has 0 bridgehead atoms. The maximum Gasteiger partial charge on any atom is 0.245 e. The van der Waals surface area contributed by atoms with Crippen molar-refractivity contribution in [2.24, 2.45) is 5.73 Å². The number of hydrogen-bond donors (Lipinski definition) is 2. The zero-order valence-corrected chi connectivity index (χ0v) is 11.1. The van der Waals surface area contributed by atoms with Gasteiger partial charge in [-0.15, -0.1) is 11.3 Å². The topological polar surface area (TPSA) is 75.8 Å². The van der Waals surface area contributed by atoms with E-state index >= 15 is 0 Å². The van der Waals surface area contributed by atoms with Crippen molar-refractivity contribution in [3.05, 3.63) is 22.4 Å². The number of rotatable bonds is 3. The fourth-order valence-electron chi connectivity index (χ4n) is 2.00. The van der Waals surface area contributed by atoms with Gasteiger partial charge in [0.25, 0.3) is 0 Å². The quantitative estimate of drug-likeness (QED) is 0.831. The first kappa shape index (κ1) is 13.5. The first-order chi connectivity index (χ1) is 8.63. The van der Waals surface area contributed by atoms with Crippen molar-refractivity contribution in [1.29, 1.82) is 0 Å². The second-order valence-corrected chi connectivity index (χ2v) is 5.45. The van der Waals surface area contributed by atoms with Crippen LogP contribution in [0.15, 0.2) is 17.5 Å². The van der Waals surface area contributed by atoms with Gasteiger partial charge in [-0.3, -0.25) is 4.79 Å². The van der Waals surface area contributed by atoms with Crippen molar-refractivity contribution in [1.82, 2.24) is 4.90 Å². The lowest BCUT2D eigenvalue weighted by molar-refractivity contribution is -0.147. The summed E-state index contributed by atoms with van der Waals surface area (Å²) in [5.74, 6) is -0.105. The average molecular weight is 270 g/mol. The van der Waals surface area contributed by atoms with Crippen molar-refractivity contribution in [2.75, 3.05) is 19.8 Å². The number of carbonyl (C=O) groups is 1. The molecule has 0 saturated carbocycles. The van der Waals surface area contributed by atoms with Crippen LogP contribution in [0, 0.1) is 0 Å². The van der Waals surface area contributed by atoms with E-state index in [0.29, 0.717) is 13.2 Å². The second-order valence-electron chi connectivity index (χ2n) is 4.47. The molecule has 0 aliphatic carbocycles. The van der Waals surface area contributed by atoms with E-state index in [-0.39, 0.29) is 24.7 Å². The fraction of sp³-hybridized carbons (Fsp3) is 0.583. The lowest BCUT2D eigenvalue weighted by Crippen LogP contribution is -2.54. The minimum absolute atomic E-state index is 0.00804. The molecule has 1 saturated heterocycles. The Hall–Kier alpha value is -0.950. The number of nitrogens with zero attached hydrogens (tertiary/aromatic N) is 1. The van der Waals surface area contributed by atoms with Crippen LogP contribution in [0.4, 0.5) is 0 Å². The van der Waals surface area contributed by atoms with Gasteiger partial charge >= 0.3 is 0 Å². The molecule has 18 heavy (non-hydrogen) atoms. The van der Waals surface area contributed by atoms with Crippen LogP contribution in [0.2, 0.25) is 0 Å². The van der Waals surface area contributed by atoms with E-state index in [4.69, 9.17) is 15.6 Å². The number of thiophene rings is 1. The number of amides is 1. The van der Waals surface area contributed by atoms with Crippen LogP contribution in [-0.4, -0.2) is 47.8 Å². The predicted molar refractivity (Wildman–Crippen MR) is 69.2 cm³/mol. The largest absolute Gasteiger partial charge is 0.394 e. The Morgan fingerprint density at radius 2 is 2.56 bits per heavy atom. The molecule has 1 fully saturated rings. The fourth-order valence-corrected chi connectivity index (χ4v) is 2.72. The zero-order chi connectivity index (χ0) is 13.1. The number of ether oxygens (including phenoxy) is 1. The monoisotopic (exact) mass is 270 g/mol. The smallest absolute Gasteiger partial charge is 0.245 e. The van der Waals surface area contributed by atoms with E-state index in [0.717, 1.165) is 4.88 Å². The van der Waals surface area contributed by atoms with Gasteiger partial charge in [0, 0.05) is 11.4 Å². The maximum absolute atomic E-state index is 12.3. The molecule has 1 aliphatic heterocycles. The first-order valence-corrected chi connectivity index (χ1v) is 6.83. The Morgan fingerprint density at radius 1 is 1.78 bits per heavy atom. The Balaban J connectivity index is 2.07. The van der Waals surface area contributed by atoms with Crippen LogP contribution in [-0.2, 0) is 9.53 Å². The van der Waals surface area contributed by atoms with Gasteiger partial charge in [-0.2, -0.15) is 0 Å². The Bertz CT molecular complexity index is 396. The molecule has 2 rings (SSSR count). The highest BCUT2D eigenvalue weighted by molar-refractivity contribution is 7.10. The van der Waals surface area contributed by atoms with Crippen molar-refractivity contribution in [3.8, 4) is 0 Å². The number of morpholine rings is 1. The van der Waals surface area contributed by atoms with Crippen LogP contribution in [0.1, 0.15) is 17.8 Å². The highest BCUT2D eigenvalue weighted by atomic mass is 32.1. The molecule has 5 nitrogen and oxygen atoms in total. The molecule has 1 aromatic heterocycles. The normalized spacial score (nSPS) is 26.1. The molecule has 0 radical (unpaired) electrons. The molecule has 6 heteroatoms. The Kier molecular flexibility index (Phi) is 4.34. The van der Waals surface area contributed by atoms with Gasteiger partial charge < -0.3 is 20.5 Å². The Labute approximate surface area is 110 Å². The molecule has 3 atom stereocenters. The summed E-state index contributed by atoms with van der Waals surface area (Å²) in [5, 5.41) is 11.0. The van der Waals surface area contributed by atoms with Crippen molar-refractivity contribution < 1.29 is 14.6 Å². The summed E-state index contributed by atoms with van der Waals surface area (Å²) in [6.07, 6.45) is -0.305. The molecule has 1 aromatic rings. The van der Waals surface area contributed by atoms with Crippen molar-refractivity contribution in [2.45, 2.75) is 25.1 Å². The zero-order valence-electron chi connectivity index (χ0n) is 10.3.